The number of rotatable bonds is 1. The van der Waals surface area contributed by atoms with Crippen molar-refractivity contribution in [3.05, 3.63) is 0 Å². The highest BCUT2D eigenvalue weighted by Gasteiger charge is 2.48. The van der Waals surface area contributed by atoms with Crippen LogP contribution in [0, 0.1) is 0 Å². The van der Waals surface area contributed by atoms with E-state index in [1.54, 1.807) is 11.8 Å². The molecule has 6 nitrogen and oxygen atoms in total. The molecule has 114 valence electrons. The van der Waals surface area contributed by atoms with E-state index in [0.29, 0.717) is 26.1 Å². The minimum atomic E-state index is -1.05. The molecule has 0 radical (unpaired) electrons. The first-order valence-electron chi connectivity index (χ1n) is 7.20. The SMILES string of the molecule is CN1CCN(C(=O)N2CCCC2(C)C(=O)O)CC1(C)C. The van der Waals surface area contributed by atoms with Crippen molar-refractivity contribution in [2.75, 3.05) is 33.2 Å². The number of amides is 2. The third-order valence-corrected chi connectivity index (χ3v) is 4.92. The average Bonchev–Trinajstić information content (AvgIpc) is 2.75. The van der Waals surface area contributed by atoms with Crippen LogP contribution in [-0.2, 0) is 4.79 Å². The summed E-state index contributed by atoms with van der Waals surface area (Å²) in [5.74, 6) is -0.906. The van der Waals surface area contributed by atoms with Crippen molar-refractivity contribution in [2.45, 2.75) is 44.7 Å². The van der Waals surface area contributed by atoms with Gasteiger partial charge in [-0.25, -0.2) is 9.59 Å². The van der Waals surface area contributed by atoms with Crippen LogP contribution in [0.3, 0.4) is 0 Å². The predicted octanol–water partition coefficient (Wildman–Crippen LogP) is 1.07. The standard InChI is InChI=1S/C14H25N3O3/c1-13(2)10-16(9-8-15(13)4)12(20)17-7-5-6-14(17,3)11(18)19/h5-10H2,1-4H3,(H,18,19). The van der Waals surface area contributed by atoms with Crippen LogP contribution in [0.25, 0.3) is 0 Å². The number of carbonyl (C=O) groups excluding carboxylic acids is 1. The fourth-order valence-corrected chi connectivity index (χ4v) is 3.07. The number of urea groups is 1. The van der Waals surface area contributed by atoms with Crippen molar-refractivity contribution in [2.24, 2.45) is 0 Å². The van der Waals surface area contributed by atoms with Crippen molar-refractivity contribution in [3.63, 3.8) is 0 Å². The van der Waals surface area contributed by atoms with Gasteiger partial charge in [0, 0.05) is 31.7 Å². The molecule has 2 rings (SSSR count). The predicted molar refractivity (Wildman–Crippen MR) is 75.7 cm³/mol. The third kappa shape index (κ3) is 2.37. The number of hydrogen-bond acceptors (Lipinski definition) is 3. The van der Waals surface area contributed by atoms with E-state index in [1.165, 1.54) is 4.90 Å². The third-order valence-electron chi connectivity index (χ3n) is 4.92. The van der Waals surface area contributed by atoms with Gasteiger partial charge in [-0.05, 0) is 40.7 Å². The lowest BCUT2D eigenvalue weighted by molar-refractivity contribution is -0.147. The molecule has 20 heavy (non-hydrogen) atoms. The maximum absolute atomic E-state index is 12.7. The Morgan fingerprint density at radius 1 is 1.10 bits per heavy atom. The fraction of sp³-hybridized carbons (Fsp3) is 0.857. The molecule has 2 aliphatic heterocycles. The second-order valence-electron chi connectivity index (χ2n) is 6.77. The molecule has 2 aliphatic rings. The molecule has 2 fully saturated rings. The molecule has 1 atom stereocenters. The Hall–Kier alpha value is -1.30. The zero-order valence-corrected chi connectivity index (χ0v) is 12.8. The van der Waals surface area contributed by atoms with Crippen molar-refractivity contribution in [3.8, 4) is 0 Å². The van der Waals surface area contributed by atoms with Gasteiger partial charge < -0.3 is 14.9 Å². The minimum Gasteiger partial charge on any atom is -0.480 e. The molecule has 0 aromatic rings. The molecule has 6 heteroatoms. The summed E-state index contributed by atoms with van der Waals surface area (Å²) in [5, 5.41) is 9.41. The first kappa shape index (κ1) is 15.1. The number of carbonyl (C=O) groups is 2. The van der Waals surface area contributed by atoms with Gasteiger partial charge in [0.1, 0.15) is 5.54 Å². The number of carboxylic acid groups (broad SMARTS) is 1. The van der Waals surface area contributed by atoms with Gasteiger partial charge in [0.15, 0.2) is 0 Å². The molecule has 1 unspecified atom stereocenters. The lowest BCUT2D eigenvalue weighted by atomic mass is 9.98. The Labute approximate surface area is 120 Å². The molecule has 2 saturated heterocycles. The molecular formula is C14H25N3O3. The summed E-state index contributed by atoms with van der Waals surface area (Å²) in [4.78, 5) is 29.7. The maximum Gasteiger partial charge on any atom is 0.329 e. The summed E-state index contributed by atoms with van der Waals surface area (Å²) in [5.41, 5.74) is -1.13. The Morgan fingerprint density at radius 3 is 2.30 bits per heavy atom. The Kier molecular flexibility index (Phi) is 3.71. The van der Waals surface area contributed by atoms with Crippen molar-refractivity contribution < 1.29 is 14.7 Å². The van der Waals surface area contributed by atoms with Crippen LogP contribution in [0.5, 0.6) is 0 Å². The van der Waals surface area contributed by atoms with E-state index in [2.05, 4.69) is 25.8 Å². The van der Waals surface area contributed by atoms with Gasteiger partial charge in [-0.3, -0.25) is 4.90 Å². The summed E-state index contributed by atoms with van der Waals surface area (Å²) in [7, 11) is 2.05. The van der Waals surface area contributed by atoms with Gasteiger partial charge in [-0.2, -0.15) is 0 Å². The molecule has 2 heterocycles. The topological polar surface area (TPSA) is 64.1 Å². The smallest absolute Gasteiger partial charge is 0.329 e. The minimum absolute atomic E-state index is 0.0761. The number of likely N-dealkylation sites (tertiary alicyclic amines) is 1. The zero-order chi connectivity index (χ0) is 15.1. The number of nitrogens with zero attached hydrogens (tertiary/aromatic N) is 3. The largest absolute Gasteiger partial charge is 0.480 e. The quantitative estimate of drug-likeness (QED) is 0.782. The monoisotopic (exact) mass is 283 g/mol. The van der Waals surface area contributed by atoms with Gasteiger partial charge in [-0.1, -0.05) is 0 Å². The lowest BCUT2D eigenvalue weighted by Crippen LogP contribution is -2.63. The second kappa shape index (κ2) is 4.91. The summed E-state index contributed by atoms with van der Waals surface area (Å²) in [6.07, 6.45) is 1.29. The van der Waals surface area contributed by atoms with Gasteiger partial charge >= 0.3 is 12.0 Å². The summed E-state index contributed by atoms with van der Waals surface area (Å²) >= 11 is 0. The molecular weight excluding hydrogens is 258 g/mol. The molecule has 1 N–H and O–H groups in total. The van der Waals surface area contributed by atoms with Crippen LogP contribution >= 0.6 is 0 Å². The molecule has 0 saturated carbocycles. The van der Waals surface area contributed by atoms with Gasteiger partial charge in [0.05, 0.1) is 0 Å². The maximum atomic E-state index is 12.7. The number of likely N-dealkylation sites (N-methyl/N-ethyl adjacent to an activating group) is 1. The summed E-state index contributed by atoms with van der Waals surface area (Å²) in [6, 6.07) is -0.131. The highest BCUT2D eigenvalue weighted by Crippen LogP contribution is 2.31. The van der Waals surface area contributed by atoms with E-state index in [1.807, 2.05) is 0 Å². The summed E-state index contributed by atoms with van der Waals surface area (Å²) < 4.78 is 0. The Morgan fingerprint density at radius 2 is 1.75 bits per heavy atom. The highest BCUT2D eigenvalue weighted by atomic mass is 16.4. The number of hydrogen-bond donors (Lipinski definition) is 1. The van der Waals surface area contributed by atoms with E-state index in [4.69, 9.17) is 0 Å². The van der Waals surface area contributed by atoms with E-state index in [9.17, 15) is 14.7 Å². The van der Waals surface area contributed by atoms with Crippen LogP contribution in [0.2, 0.25) is 0 Å². The lowest BCUT2D eigenvalue weighted by Gasteiger charge is -2.47. The summed E-state index contributed by atoms with van der Waals surface area (Å²) in [6.45, 7) is 8.51. The van der Waals surface area contributed by atoms with Gasteiger partial charge in [0.25, 0.3) is 0 Å². The van der Waals surface area contributed by atoms with Crippen LogP contribution in [-0.4, -0.2) is 76.1 Å². The zero-order valence-electron chi connectivity index (χ0n) is 12.8. The fourth-order valence-electron chi connectivity index (χ4n) is 3.07. The van der Waals surface area contributed by atoms with E-state index >= 15 is 0 Å². The van der Waals surface area contributed by atoms with Crippen LogP contribution in [0.15, 0.2) is 0 Å². The molecule has 0 spiro atoms. The van der Waals surface area contributed by atoms with Crippen LogP contribution in [0.4, 0.5) is 4.79 Å². The number of piperazine rings is 1. The van der Waals surface area contributed by atoms with E-state index < -0.39 is 11.5 Å². The first-order valence-corrected chi connectivity index (χ1v) is 7.20. The van der Waals surface area contributed by atoms with Crippen molar-refractivity contribution in [1.82, 2.24) is 14.7 Å². The second-order valence-corrected chi connectivity index (χ2v) is 6.77. The van der Waals surface area contributed by atoms with Crippen molar-refractivity contribution in [1.29, 1.82) is 0 Å². The van der Waals surface area contributed by atoms with Crippen LogP contribution < -0.4 is 0 Å². The van der Waals surface area contributed by atoms with Gasteiger partial charge in [-0.15, -0.1) is 0 Å². The first-order chi connectivity index (χ1) is 9.18. The highest BCUT2D eigenvalue weighted by molar-refractivity contribution is 5.86. The molecule has 0 aromatic carbocycles. The molecule has 0 aliphatic carbocycles. The molecule has 0 bridgehead atoms. The van der Waals surface area contributed by atoms with E-state index in [0.717, 1.165) is 13.0 Å². The van der Waals surface area contributed by atoms with Crippen molar-refractivity contribution >= 4 is 12.0 Å². The molecule has 0 aromatic heterocycles. The van der Waals surface area contributed by atoms with E-state index in [-0.39, 0.29) is 11.6 Å². The van der Waals surface area contributed by atoms with Gasteiger partial charge in [0.2, 0.25) is 0 Å². The molecule has 2 amide bonds. The Balaban J connectivity index is 2.14. The Bertz CT molecular complexity index is 424. The number of carboxylic acids is 1. The normalized spacial score (nSPS) is 30.6. The average molecular weight is 283 g/mol. The number of aliphatic carboxylic acids is 1. The van der Waals surface area contributed by atoms with Crippen LogP contribution in [0.1, 0.15) is 33.6 Å².